The molecule has 21 heavy (non-hydrogen) atoms. The number of nitriles is 1. The Bertz CT molecular complexity index is 500. The van der Waals surface area contributed by atoms with Gasteiger partial charge in [0, 0.05) is 0 Å². The number of hydrogen-bond acceptors (Lipinski definition) is 3. The van der Waals surface area contributed by atoms with Crippen molar-refractivity contribution in [1.82, 2.24) is 0 Å². The summed E-state index contributed by atoms with van der Waals surface area (Å²) in [6, 6.07) is 12.2. The summed E-state index contributed by atoms with van der Waals surface area (Å²) in [5.74, 6) is -0.0310. The summed E-state index contributed by atoms with van der Waals surface area (Å²) >= 11 is 0. The highest BCUT2D eigenvalue weighted by Gasteiger charge is 2.43. The number of hydrogen-bond donors (Lipinski definition) is 0. The monoisotopic (exact) mass is 285 g/mol. The number of rotatable bonds is 5. The number of benzene rings is 1. The second kappa shape index (κ2) is 7.26. The first-order valence-corrected chi connectivity index (χ1v) is 7.85. The highest BCUT2D eigenvalue weighted by Crippen LogP contribution is 2.43. The molecule has 1 saturated carbocycles. The maximum absolute atomic E-state index is 12.1. The molecule has 3 heteroatoms. The van der Waals surface area contributed by atoms with E-state index in [2.05, 4.69) is 6.07 Å². The smallest absolute Gasteiger partial charge is 0.307 e. The molecule has 0 spiro atoms. The van der Waals surface area contributed by atoms with E-state index in [1.807, 2.05) is 30.3 Å². The van der Waals surface area contributed by atoms with E-state index in [1.54, 1.807) is 6.92 Å². The average Bonchev–Trinajstić information content (AvgIpc) is 2.54. The van der Waals surface area contributed by atoms with E-state index in [4.69, 9.17) is 4.74 Å². The summed E-state index contributed by atoms with van der Waals surface area (Å²) in [6.45, 7) is 2.16. The van der Waals surface area contributed by atoms with Crippen LogP contribution in [0.15, 0.2) is 30.3 Å². The average molecular weight is 285 g/mol. The Morgan fingerprint density at radius 1 is 1.29 bits per heavy atom. The molecule has 112 valence electrons. The van der Waals surface area contributed by atoms with Crippen LogP contribution in [-0.2, 0) is 14.9 Å². The SMILES string of the molecule is CCOC(=O)CC(C#N)(c1ccccc1)C1CCCCC1. The minimum atomic E-state index is -0.742. The predicted molar refractivity (Wildman–Crippen MR) is 81.6 cm³/mol. The van der Waals surface area contributed by atoms with E-state index in [0.29, 0.717) is 6.61 Å². The van der Waals surface area contributed by atoms with E-state index in [9.17, 15) is 10.1 Å². The summed E-state index contributed by atoms with van der Waals surface area (Å²) in [7, 11) is 0. The van der Waals surface area contributed by atoms with E-state index in [1.165, 1.54) is 6.42 Å². The van der Waals surface area contributed by atoms with E-state index < -0.39 is 5.41 Å². The van der Waals surface area contributed by atoms with Crippen molar-refractivity contribution in [3.63, 3.8) is 0 Å². The van der Waals surface area contributed by atoms with Crippen LogP contribution < -0.4 is 0 Å². The highest BCUT2D eigenvalue weighted by atomic mass is 16.5. The van der Waals surface area contributed by atoms with Gasteiger partial charge in [0.15, 0.2) is 0 Å². The number of nitrogens with zero attached hydrogens (tertiary/aromatic N) is 1. The Balaban J connectivity index is 2.36. The molecule has 0 aromatic heterocycles. The third-order valence-corrected chi connectivity index (χ3v) is 4.52. The van der Waals surface area contributed by atoms with Crippen LogP contribution in [0.2, 0.25) is 0 Å². The first-order chi connectivity index (χ1) is 10.2. The van der Waals surface area contributed by atoms with Crippen molar-refractivity contribution in [1.29, 1.82) is 5.26 Å². The predicted octanol–water partition coefficient (Wildman–Crippen LogP) is 3.98. The van der Waals surface area contributed by atoms with Crippen LogP contribution in [0, 0.1) is 17.2 Å². The van der Waals surface area contributed by atoms with E-state index in [-0.39, 0.29) is 18.3 Å². The van der Waals surface area contributed by atoms with Crippen LogP contribution in [0.3, 0.4) is 0 Å². The third kappa shape index (κ3) is 3.44. The van der Waals surface area contributed by atoms with Crippen LogP contribution in [-0.4, -0.2) is 12.6 Å². The van der Waals surface area contributed by atoms with Crippen molar-refractivity contribution in [3.05, 3.63) is 35.9 Å². The summed E-state index contributed by atoms with van der Waals surface area (Å²) in [5.41, 5.74) is 0.209. The third-order valence-electron chi connectivity index (χ3n) is 4.52. The lowest BCUT2D eigenvalue weighted by molar-refractivity contribution is -0.144. The molecule has 0 saturated heterocycles. The maximum atomic E-state index is 12.1. The maximum Gasteiger partial charge on any atom is 0.307 e. The van der Waals surface area contributed by atoms with Gasteiger partial charge in [0.25, 0.3) is 0 Å². The van der Waals surface area contributed by atoms with Gasteiger partial charge in [-0.25, -0.2) is 0 Å². The van der Waals surface area contributed by atoms with Gasteiger partial charge in [-0.3, -0.25) is 4.79 Å². The van der Waals surface area contributed by atoms with Gasteiger partial charge >= 0.3 is 5.97 Å². The van der Waals surface area contributed by atoms with E-state index >= 15 is 0 Å². The van der Waals surface area contributed by atoms with Gasteiger partial charge in [-0.2, -0.15) is 5.26 Å². The second-order valence-corrected chi connectivity index (χ2v) is 5.77. The fourth-order valence-corrected chi connectivity index (χ4v) is 3.45. The molecule has 3 nitrogen and oxygen atoms in total. The summed E-state index contributed by atoms with van der Waals surface area (Å²) in [4.78, 5) is 12.1. The molecule has 1 fully saturated rings. The number of ether oxygens (including phenoxy) is 1. The van der Waals surface area contributed by atoms with Gasteiger partial charge in [0.1, 0.15) is 0 Å². The fourth-order valence-electron chi connectivity index (χ4n) is 3.45. The molecule has 1 aliphatic carbocycles. The lowest BCUT2D eigenvalue weighted by Crippen LogP contribution is -2.38. The zero-order valence-corrected chi connectivity index (χ0v) is 12.7. The van der Waals surface area contributed by atoms with Crippen molar-refractivity contribution in [2.24, 2.45) is 5.92 Å². The Kier molecular flexibility index (Phi) is 5.38. The standard InChI is InChI=1S/C18H23NO2/c1-2-21-17(20)13-18(14-19,15-9-5-3-6-10-15)16-11-7-4-8-12-16/h3,5-6,9-10,16H,2,4,7-8,11-13H2,1H3. The molecule has 1 aliphatic rings. The molecule has 2 rings (SSSR count). The molecule has 1 atom stereocenters. The van der Waals surface area contributed by atoms with Gasteiger partial charge in [0.05, 0.1) is 24.5 Å². The van der Waals surface area contributed by atoms with Crippen LogP contribution in [0.4, 0.5) is 0 Å². The van der Waals surface area contributed by atoms with E-state index in [0.717, 1.165) is 31.2 Å². The van der Waals surface area contributed by atoms with Gasteiger partial charge in [-0.1, -0.05) is 49.6 Å². The quantitative estimate of drug-likeness (QED) is 0.769. The zero-order chi connectivity index (χ0) is 15.1. The molecule has 0 aliphatic heterocycles. The molecular weight excluding hydrogens is 262 g/mol. The van der Waals surface area contributed by atoms with Crippen molar-refractivity contribution in [2.75, 3.05) is 6.61 Å². The molecule has 0 radical (unpaired) electrons. The lowest BCUT2D eigenvalue weighted by atomic mass is 9.64. The van der Waals surface area contributed by atoms with Gasteiger partial charge < -0.3 is 4.74 Å². The van der Waals surface area contributed by atoms with Crippen molar-refractivity contribution in [3.8, 4) is 6.07 Å². The highest BCUT2D eigenvalue weighted by molar-refractivity contribution is 5.72. The van der Waals surface area contributed by atoms with Gasteiger partial charge in [-0.15, -0.1) is 0 Å². The molecule has 0 heterocycles. The Morgan fingerprint density at radius 3 is 2.52 bits per heavy atom. The molecule has 0 N–H and O–H groups in total. The first kappa shape index (κ1) is 15.6. The van der Waals surface area contributed by atoms with Crippen LogP contribution >= 0.6 is 0 Å². The fraction of sp³-hybridized carbons (Fsp3) is 0.556. The Morgan fingerprint density at radius 2 is 1.95 bits per heavy atom. The van der Waals surface area contributed by atoms with Crippen LogP contribution in [0.5, 0.6) is 0 Å². The largest absolute Gasteiger partial charge is 0.466 e. The zero-order valence-electron chi connectivity index (χ0n) is 12.7. The van der Waals surface area contributed by atoms with Crippen LogP contribution in [0.1, 0.15) is 51.0 Å². The topological polar surface area (TPSA) is 50.1 Å². The van der Waals surface area contributed by atoms with Gasteiger partial charge in [-0.05, 0) is 31.2 Å². The minimum absolute atomic E-state index is 0.159. The molecule has 1 aromatic rings. The molecule has 0 amide bonds. The Labute approximate surface area is 126 Å². The van der Waals surface area contributed by atoms with Crippen LogP contribution in [0.25, 0.3) is 0 Å². The number of carbonyl (C=O) groups excluding carboxylic acids is 1. The van der Waals surface area contributed by atoms with Crippen molar-refractivity contribution in [2.45, 2.75) is 50.9 Å². The minimum Gasteiger partial charge on any atom is -0.466 e. The summed E-state index contributed by atoms with van der Waals surface area (Å²) in [5, 5.41) is 9.94. The first-order valence-electron chi connectivity index (χ1n) is 7.85. The second-order valence-electron chi connectivity index (χ2n) is 5.77. The number of carbonyl (C=O) groups is 1. The van der Waals surface area contributed by atoms with Crippen molar-refractivity contribution < 1.29 is 9.53 Å². The van der Waals surface area contributed by atoms with Crippen molar-refractivity contribution >= 4 is 5.97 Å². The normalized spacial score (nSPS) is 18.5. The molecule has 1 unspecified atom stereocenters. The summed E-state index contributed by atoms with van der Waals surface area (Å²) in [6.07, 6.45) is 5.70. The molecule has 0 bridgehead atoms. The summed E-state index contributed by atoms with van der Waals surface area (Å²) < 4.78 is 5.12. The molecule has 1 aromatic carbocycles. The molecular formula is C18H23NO2. The van der Waals surface area contributed by atoms with Gasteiger partial charge in [0.2, 0.25) is 0 Å². The Hall–Kier alpha value is -1.82. The lowest BCUT2D eigenvalue weighted by Gasteiger charge is -2.37. The number of esters is 1.